The van der Waals surface area contributed by atoms with Crippen molar-refractivity contribution in [3.63, 3.8) is 0 Å². The summed E-state index contributed by atoms with van der Waals surface area (Å²) in [6.45, 7) is 3.96. The molecule has 5 heteroatoms. The van der Waals surface area contributed by atoms with Crippen LogP contribution in [0.25, 0.3) is 0 Å². The molecular formula is C18H20BNO3. The molecule has 1 aliphatic rings. The SMILES string of the molecule is CC(=O)N[C@@H](B1OCC(C)(c2ccccc2)O1)c1ccccc1. The van der Waals surface area contributed by atoms with E-state index in [0.29, 0.717) is 6.61 Å². The summed E-state index contributed by atoms with van der Waals surface area (Å²) >= 11 is 0. The maximum atomic E-state index is 11.6. The second-order valence-corrected chi connectivity index (χ2v) is 5.98. The van der Waals surface area contributed by atoms with Crippen molar-refractivity contribution in [1.29, 1.82) is 0 Å². The molecule has 1 heterocycles. The van der Waals surface area contributed by atoms with E-state index in [2.05, 4.69) is 5.32 Å². The number of carbonyl (C=O) groups is 1. The summed E-state index contributed by atoms with van der Waals surface area (Å²) in [5.74, 6) is -0.446. The van der Waals surface area contributed by atoms with Gasteiger partial charge in [-0.1, -0.05) is 60.7 Å². The lowest BCUT2D eigenvalue weighted by Crippen LogP contribution is -2.40. The smallest absolute Gasteiger partial charge is 0.406 e. The summed E-state index contributed by atoms with van der Waals surface area (Å²) in [5, 5.41) is 2.94. The molecule has 1 unspecified atom stereocenters. The summed E-state index contributed by atoms with van der Waals surface area (Å²) < 4.78 is 12.1. The fourth-order valence-corrected chi connectivity index (χ4v) is 2.86. The van der Waals surface area contributed by atoms with Crippen molar-refractivity contribution >= 4 is 13.0 Å². The zero-order chi connectivity index (χ0) is 16.3. The molecule has 0 aliphatic carbocycles. The van der Waals surface area contributed by atoms with E-state index in [0.717, 1.165) is 11.1 Å². The predicted molar refractivity (Wildman–Crippen MR) is 89.6 cm³/mol. The molecule has 2 aromatic carbocycles. The maximum Gasteiger partial charge on any atom is 0.486 e. The van der Waals surface area contributed by atoms with Gasteiger partial charge in [0.05, 0.1) is 18.1 Å². The van der Waals surface area contributed by atoms with Crippen molar-refractivity contribution in [3.8, 4) is 0 Å². The Kier molecular flexibility index (Phi) is 4.50. The van der Waals surface area contributed by atoms with Gasteiger partial charge in [0.2, 0.25) is 5.91 Å². The van der Waals surface area contributed by atoms with Crippen LogP contribution in [0.2, 0.25) is 0 Å². The first kappa shape index (κ1) is 15.8. The van der Waals surface area contributed by atoms with Gasteiger partial charge in [0.1, 0.15) is 0 Å². The van der Waals surface area contributed by atoms with Crippen molar-refractivity contribution in [3.05, 3.63) is 71.8 Å². The summed E-state index contributed by atoms with van der Waals surface area (Å²) in [6, 6.07) is 19.8. The normalized spacial score (nSPS) is 21.9. The average molecular weight is 309 g/mol. The summed E-state index contributed by atoms with van der Waals surface area (Å²) in [5.41, 5.74) is 1.51. The van der Waals surface area contributed by atoms with Gasteiger partial charge < -0.3 is 14.6 Å². The quantitative estimate of drug-likeness (QED) is 0.884. The lowest BCUT2D eigenvalue weighted by atomic mass is 9.74. The largest absolute Gasteiger partial charge is 0.486 e. The summed E-state index contributed by atoms with van der Waals surface area (Å²) in [6.07, 6.45) is 0. The average Bonchev–Trinajstić information content (AvgIpc) is 2.98. The number of hydrogen-bond acceptors (Lipinski definition) is 3. The molecule has 0 spiro atoms. The Balaban J connectivity index is 1.83. The van der Waals surface area contributed by atoms with Gasteiger partial charge in [-0.2, -0.15) is 0 Å². The summed E-state index contributed by atoms with van der Waals surface area (Å²) in [4.78, 5) is 11.6. The topological polar surface area (TPSA) is 47.6 Å². The highest BCUT2D eigenvalue weighted by Crippen LogP contribution is 2.35. The molecule has 1 aliphatic heterocycles. The highest BCUT2D eigenvalue weighted by molar-refractivity contribution is 6.47. The Hall–Kier alpha value is -2.11. The maximum absolute atomic E-state index is 11.6. The lowest BCUT2D eigenvalue weighted by molar-refractivity contribution is -0.119. The lowest BCUT2D eigenvalue weighted by Gasteiger charge is -2.25. The Morgan fingerprint density at radius 2 is 1.74 bits per heavy atom. The minimum Gasteiger partial charge on any atom is -0.406 e. The number of hydrogen-bond donors (Lipinski definition) is 1. The Bertz CT molecular complexity index is 664. The van der Waals surface area contributed by atoms with Gasteiger partial charge in [-0.25, -0.2) is 0 Å². The number of rotatable bonds is 4. The van der Waals surface area contributed by atoms with Gasteiger partial charge >= 0.3 is 7.12 Å². The minimum absolute atomic E-state index is 0.112. The molecule has 0 saturated carbocycles. The first-order valence-electron chi connectivity index (χ1n) is 7.75. The van der Waals surface area contributed by atoms with Crippen molar-refractivity contribution in [2.45, 2.75) is 25.4 Å². The molecule has 0 bridgehead atoms. The molecule has 1 amide bonds. The zero-order valence-electron chi connectivity index (χ0n) is 13.4. The summed E-state index contributed by atoms with van der Waals surface area (Å²) in [7, 11) is -0.522. The third-order valence-corrected chi connectivity index (χ3v) is 4.07. The van der Waals surface area contributed by atoms with Crippen LogP contribution < -0.4 is 5.32 Å². The van der Waals surface area contributed by atoms with E-state index in [9.17, 15) is 4.79 Å². The number of benzene rings is 2. The van der Waals surface area contributed by atoms with Crippen LogP contribution in [0.1, 0.15) is 30.9 Å². The van der Waals surface area contributed by atoms with E-state index in [1.54, 1.807) is 0 Å². The zero-order valence-corrected chi connectivity index (χ0v) is 13.4. The molecule has 2 atom stereocenters. The predicted octanol–water partition coefficient (Wildman–Crippen LogP) is 2.85. The monoisotopic (exact) mass is 309 g/mol. The fraction of sp³-hybridized carbons (Fsp3) is 0.278. The van der Waals surface area contributed by atoms with Crippen LogP contribution in [0.4, 0.5) is 0 Å². The van der Waals surface area contributed by atoms with E-state index >= 15 is 0 Å². The third kappa shape index (κ3) is 3.46. The highest BCUT2D eigenvalue weighted by Gasteiger charge is 2.46. The Morgan fingerprint density at radius 1 is 1.13 bits per heavy atom. The van der Waals surface area contributed by atoms with Crippen LogP contribution in [0.5, 0.6) is 0 Å². The van der Waals surface area contributed by atoms with Gasteiger partial charge in [-0.15, -0.1) is 0 Å². The Labute approximate surface area is 137 Å². The van der Waals surface area contributed by atoms with Crippen LogP contribution >= 0.6 is 0 Å². The first-order chi connectivity index (χ1) is 11.1. The van der Waals surface area contributed by atoms with E-state index in [1.807, 2.05) is 67.6 Å². The highest BCUT2D eigenvalue weighted by atomic mass is 16.7. The van der Waals surface area contributed by atoms with Crippen molar-refractivity contribution in [2.75, 3.05) is 6.61 Å². The minimum atomic E-state index is -0.522. The molecular weight excluding hydrogens is 289 g/mol. The van der Waals surface area contributed by atoms with E-state index in [1.165, 1.54) is 6.92 Å². The van der Waals surface area contributed by atoms with Gasteiger partial charge in [-0.05, 0) is 18.1 Å². The van der Waals surface area contributed by atoms with Crippen LogP contribution in [0, 0.1) is 0 Å². The van der Waals surface area contributed by atoms with Crippen LogP contribution in [-0.4, -0.2) is 19.6 Å². The number of carbonyl (C=O) groups excluding carboxylic acids is 1. The van der Waals surface area contributed by atoms with E-state index in [-0.39, 0.29) is 11.8 Å². The van der Waals surface area contributed by atoms with Gasteiger partial charge in [0.15, 0.2) is 0 Å². The molecule has 2 aromatic rings. The molecule has 1 fully saturated rings. The van der Waals surface area contributed by atoms with Gasteiger partial charge in [-0.3, -0.25) is 4.79 Å². The molecule has 0 radical (unpaired) electrons. The molecule has 118 valence electrons. The van der Waals surface area contributed by atoms with E-state index < -0.39 is 12.7 Å². The molecule has 3 rings (SSSR count). The van der Waals surface area contributed by atoms with Crippen molar-refractivity contribution < 1.29 is 14.1 Å². The fourth-order valence-electron chi connectivity index (χ4n) is 2.86. The molecule has 23 heavy (non-hydrogen) atoms. The van der Waals surface area contributed by atoms with Crippen LogP contribution in [-0.2, 0) is 19.7 Å². The van der Waals surface area contributed by atoms with Gasteiger partial charge in [0, 0.05) is 6.92 Å². The number of nitrogens with one attached hydrogen (secondary N) is 1. The first-order valence-corrected chi connectivity index (χ1v) is 7.75. The third-order valence-electron chi connectivity index (χ3n) is 4.07. The molecule has 4 nitrogen and oxygen atoms in total. The standard InChI is InChI=1S/C18H20BNO3/c1-14(21)20-17(15-9-5-3-6-10-15)19-22-13-18(2,23-19)16-11-7-4-8-12-16/h3-12,17H,13H2,1-2H3,(H,20,21)/t17-,18?/m1/s1. The van der Waals surface area contributed by atoms with Crippen LogP contribution in [0.3, 0.4) is 0 Å². The van der Waals surface area contributed by atoms with Gasteiger partial charge in [0.25, 0.3) is 0 Å². The molecule has 0 aromatic heterocycles. The van der Waals surface area contributed by atoms with Crippen molar-refractivity contribution in [1.82, 2.24) is 5.32 Å². The molecule has 1 saturated heterocycles. The van der Waals surface area contributed by atoms with E-state index in [4.69, 9.17) is 9.31 Å². The molecule has 1 N–H and O–H groups in total. The second-order valence-electron chi connectivity index (χ2n) is 5.98. The second kappa shape index (κ2) is 6.56. The number of amides is 1. The Morgan fingerprint density at radius 3 is 2.35 bits per heavy atom. The van der Waals surface area contributed by atoms with Crippen LogP contribution in [0.15, 0.2) is 60.7 Å². The van der Waals surface area contributed by atoms with Crippen molar-refractivity contribution in [2.24, 2.45) is 0 Å².